The van der Waals surface area contributed by atoms with Gasteiger partial charge >= 0.3 is 5.97 Å². The van der Waals surface area contributed by atoms with E-state index in [0.29, 0.717) is 25.7 Å². The SMILES string of the molecule is CC1(C)CC(O)(C2(C(=O)O)CC2)C1. The van der Waals surface area contributed by atoms with Crippen molar-refractivity contribution in [3.05, 3.63) is 0 Å². The molecule has 2 N–H and O–H groups in total. The summed E-state index contributed by atoms with van der Waals surface area (Å²) in [5.41, 5.74) is -1.58. The first-order valence-corrected chi connectivity index (χ1v) is 4.77. The molecule has 2 fully saturated rings. The Kier molecular flexibility index (Phi) is 1.44. The van der Waals surface area contributed by atoms with Gasteiger partial charge in [-0.25, -0.2) is 0 Å². The Labute approximate surface area is 77.8 Å². The molecule has 13 heavy (non-hydrogen) atoms. The van der Waals surface area contributed by atoms with E-state index in [9.17, 15) is 9.90 Å². The zero-order valence-electron chi connectivity index (χ0n) is 8.13. The number of hydrogen-bond acceptors (Lipinski definition) is 2. The Morgan fingerprint density at radius 3 is 1.92 bits per heavy atom. The van der Waals surface area contributed by atoms with Crippen molar-refractivity contribution in [2.45, 2.75) is 45.1 Å². The molecule has 0 aromatic rings. The van der Waals surface area contributed by atoms with Gasteiger partial charge in [-0.1, -0.05) is 13.8 Å². The van der Waals surface area contributed by atoms with Crippen LogP contribution in [0.15, 0.2) is 0 Å². The van der Waals surface area contributed by atoms with Gasteiger partial charge in [0.25, 0.3) is 0 Å². The van der Waals surface area contributed by atoms with E-state index in [1.807, 2.05) is 0 Å². The summed E-state index contributed by atoms with van der Waals surface area (Å²) in [5.74, 6) is -0.814. The minimum atomic E-state index is -0.914. The largest absolute Gasteiger partial charge is 0.481 e. The fourth-order valence-corrected chi connectivity index (χ4v) is 2.87. The van der Waals surface area contributed by atoms with E-state index in [2.05, 4.69) is 13.8 Å². The van der Waals surface area contributed by atoms with E-state index in [4.69, 9.17) is 5.11 Å². The molecule has 0 atom stereocenters. The van der Waals surface area contributed by atoms with Crippen molar-refractivity contribution in [3.8, 4) is 0 Å². The van der Waals surface area contributed by atoms with Crippen LogP contribution < -0.4 is 0 Å². The highest BCUT2D eigenvalue weighted by molar-refractivity contribution is 5.80. The summed E-state index contributed by atoms with van der Waals surface area (Å²) in [6, 6.07) is 0. The van der Waals surface area contributed by atoms with Crippen molar-refractivity contribution in [2.24, 2.45) is 10.8 Å². The molecular weight excluding hydrogens is 168 g/mol. The first-order valence-electron chi connectivity index (χ1n) is 4.77. The second kappa shape index (κ2) is 2.08. The van der Waals surface area contributed by atoms with Gasteiger partial charge in [0.1, 0.15) is 0 Å². The predicted octanol–water partition coefficient (Wildman–Crippen LogP) is 1.40. The molecule has 0 radical (unpaired) electrons. The van der Waals surface area contributed by atoms with Crippen LogP contribution in [0.4, 0.5) is 0 Å². The quantitative estimate of drug-likeness (QED) is 0.682. The number of hydrogen-bond donors (Lipinski definition) is 2. The highest BCUT2D eigenvalue weighted by Crippen LogP contribution is 2.65. The molecule has 0 amide bonds. The van der Waals surface area contributed by atoms with Crippen LogP contribution >= 0.6 is 0 Å². The molecule has 0 aromatic heterocycles. The molecule has 0 saturated heterocycles. The van der Waals surface area contributed by atoms with Crippen LogP contribution in [0.5, 0.6) is 0 Å². The van der Waals surface area contributed by atoms with Crippen molar-refractivity contribution in [2.75, 3.05) is 0 Å². The molecule has 0 heterocycles. The summed E-state index contributed by atoms with van der Waals surface area (Å²) >= 11 is 0. The number of carboxylic acid groups (broad SMARTS) is 1. The summed E-state index contributed by atoms with van der Waals surface area (Å²) in [6.07, 6.45) is 2.56. The average Bonchev–Trinajstić information content (AvgIpc) is 2.59. The van der Waals surface area contributed by atoms with Gasteiger partial charge in [-0.05, 0) is 31.1 Å². The van der Waals surface area contributed by atoms with Gasteiger partial charge in [-0.15, -0.1) is 0 Å². The summed E-state index contributed by atoms with van der Waals surface area (Å²) in [6.45, 7) is 4.14. The summed E-state index contributed by atoms with van der Waals surface area (Å²) in [7, 11) is 0. The van der Waals surface area contributed by atoms with Gasteiger partial charge in [0, 0.05) is 0 Å². The van der Waals surface area contributed by atoms with Crippen LogP contribution in [0.1, 0.15) is 39.5 Å². The average molecular weight is 184 g/mol. The maximum absolute atomic E-state index is 11.0. The molecule has 74 valence electrons. The molecule has 2 saturated carbocycles. The highest BCUT2D eigenvalue weighted by atomic mass is 16.4. The first kappa shape index (κ1) is 9.00. The van der Waals surface area contributed by atoms with Crippen molar-refractivity contribution in [1.29, 1.82) is 0 Å². The van der Waals surface area contributed by atoms with E-state index in [-0.39, 0.29) is 5.41 Å². The molecule has 3 nitrogen and oxygen atoms in total. The second-order valence-corrected chi connectivity index (χ2v) is 5.44. The van der Waals surface area contributed by atoms with Crippen LogP contribution in [0.2, 0.25) is 0 Å². The number of carboxylic acids is 1. The number of carbonyl (C=O) groups is 1. The Morgan fingerprint density at radius 1 is 1.23 bits per heavy atom. The van der Waals surface area contributed by atoms with Gasteiger partial charge < -0.3 is 10.2 Å². The molecule has 2 rings (SSSR count). The van der Waals surface area contributed by atoms with Crippen LogP contribution in [0, 0.1) is 10.8 Å². The van der Waals surface area contributed by atoms with Crippen molar-refractivity contribution < 1.29 is 15.0 Å². The van der Waals surface area contributed by atoms with Crippen molar-refractivity contribution in [3.63, 3.8) is 0 Å². The minimum Gasteiger partial charge on any atom is -0.481 e. The predicted molar refractivity (Wildman–Crippen MR) is 47.3 cm³/mol. The lowest BCUT2D eigenvalue weighted by Crippen LogP contribution is -2.57. The van der Waals surface area contributed by atoms with Crippen LogP contribution in [0.25, 0.3) is 0 Å². The fourth-order valence-electron chi connectivity index (χ4n) is 2.87. The topological polar surface area (TPSA) is 57.5 Å². The number of aliphatic hydroxyl groups is 1. The summed E-state index contributed by atoms with van der Waals surface area (Å²) in [4.78, 5) is 11.0. The number of rotatable bonds is 2. The summed E-state index contributed by atoms with van der Waals surface area (Å²) in [5, 5.41) is 19.1. The third-order valence-corrected chi connectivity index (χ3v) is 3.59. The van der Waals surface area contributed by atoms with Crippen molar-refractivity contribution >= 4 is 5.97 Å². The van der Waals surface area contributed by atoms with Gasteiger partial charge in [0.05, 0.1) is 11.0 Å². The Hall–Kier alpha value is -0.570. The smallest absolute Gasteiger partial charge is 0.312 e. The Balaban J connectivity index is 2.15. The second-order valence-electron chi connectivity index (χ2n) is 5.44. The minimum absolute atomic E-state index is 0.125. The van der Waals surface area contributed by atoms with Gasteiger partial charge in [-0.3, -0.25) is 4.79 Å². The molecule has 2 aliphatic rings. The zero-order valence-corrected chi connectivity index (χ0v) is 8.13. The number of aliphatic carboxylic acids is 1. The standard InChI is InChI=1S/C10H16O3/c1-8(2)5-10(13,6-8)9(3-4-9)7(11)12/h13H,3-6H2,1-2H3,(H,11,12). The van der Waals surface area contributed by atoms with Gasteiger partial charge in [-0.2, -0.15) is 0 Å². The van der Waals surface area contributed by atoms with Gasteiger partial charge in [0.2, 0.25) is 0 Å². The van der Waals surface area contributed by atoms with Crippen molar-refractivity contribution in [1.82, 2.24) is 0 Å². The van der Waals surface area contributed by atoms with Crippen LogP contribution in [0.3, 0.4) is 0 Å². The van der Waals surface area contributed by atoms with E-state index in [1.54, 1.807) is 0 Å². The third kappa shape index (κ3) is 1.03. The molecule has 0 unspecified atom stereocenters. The summed E-state index contributed by atoms with van der Waals surface area (Å²) < 4.78 is 0. The van der Waals surface area contributed by atoms with E-state index >= 15 is 0 Å². The van der Waals surface area contributed by atoms with Crippen LogP contribution in [-0.2, 0) is 4.79 Å². The molecular formula is C10H16O3. The highest BCUT2D eigenvalue weighted by Gasteiger charge is 2.70. The molecule has 2 aliphatic carbocycles. The molecule has 0 spiro atoms. The molecule has 0 aliphatic heterocycles. The lowest BCUT2D eigenvalue weighted by molar-refractivity contribution is -0.186. The Morgan fingerprint density at radius 2 is 1.69 bits per heavy atom. The zero-order chi connectivity index (χ0) is 9.91. The van der Waals surface area contributed by atoms with E-state index in [0.717, 1.165) is 0 Å². The molecule has 0 aromatic carbocycles. The lowest BCUT2D eigenvalue weighted by atomic mass is 9.55. The van der Waals surface area contributed by atoms with E-state index in [1.165, 1.54) is 0 Å². The Bertz CT molecular complexity index is 255. The fraction of sp³-hybridized carbons (Fsp3) is 0.900. The molecule has 0 bridgehead atoms. The normalized spacial score (nSPS) is 31.9. The maximum atomic E-state index is 11.0. The van der Waals surface area contributed by atoms with Crippen LogP contribution in [-0.4, -0.2) is 21.8 Å². The van der Waals surface area contributed by atoms with E-state index < -0.39 is 17.0 Å². The first-order chi connectivity index (χ1) is 5.81. The molecule has 3 heteroatoms. The maximum Gasteiger partial charge on any atom is 0.312 e. The lowest BCUT2D eigenvalue weighted by Gasteiger charge is -2.53. The van der Waals surface area contributed by atoms with Gasteiger partial charge in [0.15, 0.2) is 0 Å². The monoisotopic (exact) mass is 184 g/mol. The third-order valence-electron chi connectivity index (χ3n) is 3.59.